The van der Waals surface area contributed by atoms with Gasteiger partial charge in [-0.2, -0.15) is 4.98 Å². The van der Waals surface area contributed by atoms with Gasteiger partial charge in [-0.25, -0.2) is 0 Å². The number of fused-ring (bicyclic) bond motifs is 3. The number of nitrogens with zero attached hydrogens (tertiary/aromatic N) is 2. The predicted octanol–water partition coefficient (Wildman–Crippen LogP) is 1.99. The van der Waals surface area contributed by atoms with Gasteiger partial charge in [0.25, 0.3) is 11.1 Å². The predicted molar refractivity (Wildman–Crippen MR) is 105 cm³/mol. The summed E-state index contributed by atoms with van der Waals surface area (Å²) >= 11 is 0. The fraction of sp³-hybridized carbons (Fsp3) is 0.143. The maximum atomic E-state index is 13.1. The van der Waals surface area contributed by atoms with E-state index in [-0.39, 0.29) is 29.0 Å². The van der Waals surface area contributed by atoms with Crippen LogP contribution in [0.5, 0.6) is 11.6 Å². The minimum Gasteiger partial charge on any atom is -0.497 e. The Hall–Kier alpha value is -3.94. The minimum absolute atomic E-state index is 0.0447. The van der Waals surface area contributed by atoms with Gasteiger partial charge in [-0.15, -0.1) is 0 Å². The zero-order valence-electron chi connectivity index (χ0n) is 15.3. The van der Waals surface area contributed by atoms with Crippen LogP contribution in [-0.4, -0.2) is 27.4 Å². The van der Waals surface area contributed by atoms with E-state index in [4.69, 9.17) is 9.47 Å². The number of ether oxygens (including phenoxy) is 2. The number of pyridine rings is 2. The van der Waals surface area contributed by atoms with Crippen molar-refractivity contribution in [2.45, 2.75) is 12.3 Å². The third kappa shape index (κ3) is 2.68. The summed E-state index contributed by atoms with van der Waals surface area (Å²) in [6.07, 6.45) is 1.48. The van der Waals surface area contributed by atoms with Crippen LogP contribution in [0.4, 0.5) is 0 Å². The summed E-state index contributed by atoms with van der Waals surface area (Å²) in [7, 11) is 1.54. The number of rotatable bonds is 2. The molecule has 8 nitrogen and oxygen atoms in total. The maximum absolute atomic E-state index is 13.1. The molecular weight excluding hydrogens is 374 g/mol. The monoisotopic (exact) mass is 389 g/mol. The number of benzene rings is 1. The van der Waals surface area contributed by atoms with Crippen molar-refractivity contribution < 1.29 is 14.3 Å². The molecule has 1 atom stereocenters. The van der Waals surface area contributed by atoms with E-state index in [1.165, 1.54) is 4.40 Å². The molecule has 0 fully saturated rings. The van der Waals surface area contributed by atoms with E-state index in [0.29, 0.717) is 22.5 Å². The molecule has 0 amide bonds. The summed E-state index contributed by atoms with van der Waals surface area (Å²) < 4.78 is 11.8. The van der Waals surface area contributed by atoms with Gasteiger partial charge in [0.1, 0.15) is 11.4 Å². The van der Waals surface area contributed by atoms with E-state index >= 15 is 0 Å². The number of hydrogen-bond donors (Lipinski definition) is 1. The van der Waals surface area contributed by atoms with Crippen LogP contribution in [0.3, 0.4) is 0 Å². The molecule has 1 aliphatic heterocycles. The normalized spacial score (nSPS) is 15.9. The Morgan fingerprint density at radius 1 is 1.17 bits per heavy atom. The van der Waals surface area contributed by atoms with Gasteiger partial charge in [-0.3, -0.25) is 18.8 Å². The topological polar surface area (TPSA) is 103 Å². The summed E-state index contributed by atoms with van der Waals surface area (Å²) in [5.41, 5.74) is 0.739. The molecule has 5 rings (SSSR count). The molecule has 4 heterocycles. The zero-order valence-corrected chi connectivity index (χ0v) is 15.3. The number of nitrogens with one attached hydrogen (secondary N) is 1. The number of aromatic amines is 1. The number of carbonyl (C=O) groups is 1. The highest BCUT2D eigenvalue weighted by molar-refractivity contribution is 5.82. The molecule has 8 heteroatoms. The summed E-state index contributed by atoms with van der Waals surface area (Å²) in [4.78, 5) is 45.3. The lowest BCUT2D eigenvalue weighted by Crippen LogP contribution is -2.33. The Morgan fingerprint density at radius 3 is 2.86 bits per heavy atom. The van der Waals surface area contributed by atoms with Crippen molar-refractivity contribution >= 4 is 22.5 Å². The Kier molecular flexibility index (Phi) is 3.73. The second-order valence-electron chi connectivity index (χ2n) is 6.80. The molecule has 4 aromatic rings. The number of H-pyrrole nitrogens is 1. The van der Waals surface area contributed by atoms with Crippen molar-refractivity contribution in [1.82, 2.24) is 14.4 Å². The third-order valence-corrected chi connectivity index (χ3v) is 5.12. The first kappa shape index (κ1) is 17.2. The fourth-order valence-corrected chi connectivity index (χ4v) is 3.72. The van der Waals surface area contributed by atoms with Crippen LogP contribution >= 0.6 is 0 Å². The molecule has 0 aliphatic carbocycles. The molecule has 29 heavy (non-hydrogen) atoms. The lowest BCUT2D eigenvalue weighted by molar-refractivity contribution is -0.135. The smallest absolute Gasteiger partial charge is 0.313 e. The van der Waals surface area contributed by atoms with Crippen LogP contribution in [0.2, 0.25) is 0 Å². The average Bonchev–Trinajstić information content (AvgIpc) is 2.72. The molecule has 1 aliphatic rings. The Morgan fingerprint density at radius 2 is 2.03 bits per heavy atom. The lowest BCUT2D eigenvalue weighted by atomic mass is 9.88. The lowest BCUT2D eigenvalue weighted by Gasteiger charge is -2.23. The number of methoxy groups -OCH3 is 1. The van der Waals surface area contributed by atoms with E-state index in [2.05, 4.69) is 9.97 Å². The van der Waals surface area contributed by atoms with E-state index in [0.717, 1.165) is 5.39 Å². The van der Waals surface area contributed by atoms with Gasteiger partial charge in [-0.05, 0) is 35.7 Å². The van der Waals surface area contributed by atoms with Crippen LogP contribution in [0.15, 0.2) is 58.3 Å². The van der Waals surface area contributed by atoms with Crippen molar-refractivity contribution in [3.05, 3.63) is 80.5 Å². The Bertz CT molecular complexity index is 1420. The SMILES string of the molecule is COc1ccc2cc([C@H]3CC(=O)Oc4nc5ccccn5c(=O)c43)c(=O)[nH]c2c1. The molecule has 0 radical (unpaired) electrons. The van der Waals surface area contributed by atoms with E-state index in [1.807, 2.05) is 0 Å². The molecule has 0 saturated heterocycles. The first-order valence-corrected chi connectivity index (χ1v) is 8.98. The van der Waals surface area contributed by atoms with Gasteiger partial charge >= 0.3 is 5.97 Å². The molecule has 1 N–H and O–H groups in total. The first-order chi connectivity index (χ1) is 14.0. The minimum atomic E-state index is -0.751. The van der Waals surface area contributed by atoms with Gasteiger partial charge in [-0.1, -0.05) is 6.07 Å². The van der Waals surface area contributed by atoms with Crippen LogP contribution in [0.25, 0.3) is 16.6 Å². The molecule has 0 unspecified atom stereocenters. The van der Waals surface area contributed by atoms with E-state index in [1.54, 1.807) is 55.8 Å². The highest BCUT2D eigenvalue weighted by atomic mass is 16.5. The van der Waals surface area contributed by atoms with Gasteiger partial charge in [0.2, 0.25) is 5.88 Å². The first-order valence-electron chi connectivity index (χ1n) is 8.98. The quantitative estimate of drug-likeness (QED) is 0.526. The standard InChI is InChI=1S/C21H15N3O5/c1-28-12-6-5-11-8-14(19(26)22-15(11)9-12)13-10-17(25)29-20-18(13)21(27)24-7-3-2-4-16(24)23-20/h2-9,13H,10H2,1H3,(H,22,26)/t13-/m1/s1. The molecule has 0 saturated carbocycles. The highest BCUT2D eigenvalue weighted by Gasteiger charge is 2.34. The Balaban J connectivity index is 1.77. The number of esters is 1. The maximum Gasteiger partial charge on any atom is 0.313 e. The van der Waals surface area contributed by atoms with Gasteiger partial charge in [0.05, 0.1) is 24.6 Å². The molecule has 0 bridgehead atoms. The third-order valence-electron chi connectivity index (χ3n) is 5.12. The van der Waals surface area contributed by atoms with Crippen LogP contribution in [0.1, 0.15) is 23.5 Å². The number of aromatic nitrogens is 3. The Labute approximate surface area is 163 Å². The van der Waals surface area contributed by atoms with Gasteiger partial charge in [0, 0.05) is 23.7 Å². The summed E-state index contributed by atoms with van der Waals surface area (Å²) in [5.74, 6) is -0.722. The van der Waals surface area contributed by atoms with Crippen molar-refractivity contribution in [2.24, 2.45) is 0 Å². The summed E-state index contributed by atoms with van der Waals surface area (Å²) in [6.45, 7) is 0. The van der Waals surface area contributed by atoms with Crippen molar-refractivity contribution in [3.63, 3.8) is 0 Å². The van der Waals surface area contributed by atoms with Crippen molar-refractivity contribution in [2.75, 3.05) is 7.11 Å². The van der Waals surface area contributed by atoms with Gasteiger partial charge in [0.15, 0.2) is 0 Å². The van der Waals surface area contributed by atoms with Crippen molar-refractivity contribution in [3.8, 4) is 11.6 Å². The van der Waals surface area contributed by atoms with Crippen LogP contribution in [-0.2, 0) is 4.79 Å². The summed E-state index contributed by atoms with van der Waals surface area (Å²) in [5, 5.41) is 0.759. The number of hydrogen-bond acceptors (Lipinski definition) is 6. The second kappa shape index (κ2) is 6.30. The molecule has 3 aromatic heterocycles. The fourth-order valence-electron chi connectivity index (χ4n) is 3.72. The second-order valence-corrected chi connectivity index (χ2v) is 6.80. The average molecular weight is 389 g/mol. The van der Waals surface area contributed by atoms with Crippen molar-refractivity contribution in [1.29, 1.82) is 0 Å². The highest BCUT2D eigenvalue weighted by Crippen LogP contribution is 2.35. The molecular formula is C21H15N3O5. The van der Waals surface area contributed by atoms with Gasteiger partial charge < -0.3 is 14.5 Å². The summed E-state index contributed by atoms with van der Waals surface area (Å²) in [6, 6.07) is 12.1. The largest absolute Gasteiger partial charge is 0.497 e. The van der Waals surface area contributed by atoms with E-state index < -0.39 is 11.9 Å². The zero-order chi connectivity index (χ0) is 20.1. The van der Waals surface area contributed by atoms with Crippen LogP contribution < -0.4 is 20.6 Å². The molecule has 0 spiro atoms. The van der Waals surface area contributed by atoms with Crippen LogP contribution in [0, 0.1) is 0 Å². The molecule has 144 valence electrons. The number of carbonyl (C=O) groups excluding carboxylic acids is 1. The van der Waals surface area contributed by atoms with E-state index in [9.17, 15) is 14.4 Å². The molecule has 1 aromatic carbocycles.